The van der Waals surface area contributed by atoms with Crippen LogP contribution in [-0.2, 0) is 11.2 Å². The van der Waals surface area contributed by atoms with Crippen molar-refractivity contribution in [2.75, 3.05) is 16.8 Å². The highest BCUT2D eigenvalue weighted by molar-refractivity contribution is 9.09. The van der Waals surface area contributed by atoms with Gasteiger partial charge in [0.15, 0.2) is 0 Å². The normalized spacial score (nSPS) is 15.8. The number of amides is 1. The van der Waals surface area contributed by atoms with E-state index in [2.05, 4.69) is 34.1 Å². The average molecular weight is 282 g/mol. The summed E-state index contributed by atoms with van der Waals surface area (Å²) in [6.45, 7) is 0.821. The third kappa shape index (κ3) is 2.46. The van der Waals surface area contributed by atoms with Crippen molar-refractivity contribution in [3.8, 4) is 0 Å². The number of alkyl halides is 1. The number of nitrogens with zero attached hydrogens (tertiary/aromatic N) is 1. The van der Waals surface area contributed by atoms with Crippen LogP contribution in [0.5, 0.6) is 0 Å². The van der Waals surface area contributed by atoms with E-state index in [0.29, 0.717) is 6.42 Å². The van der Waals surface area contributed by atoms with E-state index < -0.39 is 0 Å². The minimum atomic E-state index is 0.269. The molecule has 1 aliphatic rings. The number of benzene rings is 1. The number of carbonyl (C=O) groups excluding carboxylic acids is 1. The second-order valence-electron chi connectivity index (χ2n) is 4.07. The molecule has 1 aromatic carbocycles. The molecule has 2 rings (SSSR count). The summed E-state index contributed by atoms with van der Waals surface area (Å²) in [6.07, 6.45) is 3.67. The van der Waals surface area contributed by atoms with E-state index in [1.165, 1.54) is 5.56 Å². The number of fused-ring (bicyclic) bond motifs is 1. The number of hydrogen-bond donors (Lipinski definition) is 0. The fourth-order valence-electron chi connectivity index (χ4n) is 2.15. The van der Waals surface area contributed by atoms with E-state index in [1.807, 2.05) is 11.0 Å². The Morgan fingerprint density at radius 2 is 2.06 bits per heavy atom. The van der Waals surface area contributed by atoms with Gasteiger partial charge in [0.05, 0.1) is 0 Å². The first kappa shape index (κ1) is 11.6. The summed E-state index contributed by atoms with van der Waals surface area (Å²) >= 11 is 3.42. The third-order valence-electron chi connectivity index (χ3n) is 2.94. The molecule has 1 aliphatic heterocycles. The van der Waals surface area contributed by atoms with Crippen LogP contribution in [0, 0.1) is 0 Å². The van der Waals surface area contributed by atoms with Crippen LogP contribution in [0.3, 0.4) is 0 Å². The number of anilines is 1. The van der Waals surface area contributed by atoms with Gasteiger partial charge < -0.3 is 4.90 Å². The van der Waals surface area contributed by atoms with Crippen LogP contribution < -0.4 is 4.90 Å². The van der Waals surface area contributed by atoms with Crippen molar-refractivity contribution in [1.82, 2.24) is 0 Å². The standard InChI is InChI=1S/C13H16BrNO/c14-9-4-10-15-12-7-2-1-5-11(12)6-3-8-13(15)16/h1-2,5,7H,3-4,6,8-10H2. The van der Waals surface area contributed by atoms with Gasteiger partial charge in [-0.1, -0.05) is 34.1 Å². The monoisotopic (exact) mass is 281 g/mol. The molecule has 0 radical (unpaired) electrons. The Morgan fingerprint density at radius 3 is 2.88 bits per heavy atom. The Bertz CT molecular complexity index is 378. The third-order valence-corrected chi connectivity index (χ3v) is 3.50. The Labute approximate surface area is 105 Å². The first-order valence-corrected chi connectivity index (χ1v) is 6.89. The fourth-order valence-corrected chi connectivity index (χ4v) is 2.40. The molecule has 86 valence electrons. The van der Waals surface area contributed by atoms with Gasteiger partial charge in [-0.2, -0.15) is 0 Å². The van der Waals surface area contributed by atoms with Crippen molar-refractivity contribution in [3.05, 3.63) is 29.8 Å². The van der Waals surface area contributed by atoms with E-state index in [9.17, 15) is 4.79 Å². The predicted octanol–water partition coefficient (Wildman–Crippen LogP) is 3.14. The molecule has 16 heavy (non-hydrogen) atoms. The smallest absolute Gasteiger partial charge is 0.226 e. The molecular formula is C13H16BrNO. The van der Waals surface area contributed by atoms with Crippen LogP contribution in [0.15, 0.2) is 24.3 Å². The maximum absolute atomic E-state index is 12.0. The Kier molecular flexibility index (Phi) is 3.99. The minimum absolute atomic E-state index is 0.269. The van der Waals surface area contributed by atoms with Gasteiger partial charge in [-0.15, -0.1) is 0 Å². The summed E-state index contributed by atoms with van der Waals surface area (Å²) in [4.78, 5) is 13.9. The molecule has 0 spiro atoms. The number of rotatable bonds is 3. The lowest BCUT2D eigenvalue weighted by Crippen LogP contribution is -2.31. The minimum Gasteiger partial charge on any atom is -0.312 e. The Morgan fingerprint density at radius 1 is 1.25 bits per heavy atom. The lowest BCUT2D eigenvalue weighted by Gasteiger charge is -2.22. The van der Waals surface area contributed by atoms with Gasteiger partial charge >= 0.3 is 0 Å². The quantitative estimate of drug-likeness (QED) is 0.780. The molecule has 0 aromatic heterocycles. The second kappa shape index (κ2) is 5.48. The molecule has 0 atom stereocenters. The van der Waals surface area contributed by atoms with Gasteiger partial charge in [-0.05, 0) is 30.9 Å². The zero-order chi connectivity index (χ0) is 11.4. The highest BCUT2D eigenvalue weighted by atomic mass is 79.9. The van der Waals surface area contributed by atoms with Crippen LogP contribution in [0.25, 0.3) is 0 Å². The van der Waals surface area contributed by atoms with Crippen LogP contribution >= 0.6 is 15.9 Å². The van der Waals surface area contributed by atoms with Crippen LogP contribution in [0.2, 0.25) is 0 Å². The van der Waals surface area contributed by atoms with Crippen LogP contribution in [0.4, 0.5) is 5.69 Å². The van der Waals surface area contributed by atoms with Crippen molar-refractivity contribution in [2.45, 2.75) is 25.7 Å². The van der Waals surface area contributed by atoms with E-state index in [0.717, 1.165) is 36.8 Å². The van der Waals surface area contributed by atoms with Gasteiger partial charge in [-0.25, -0.2) is 0 Å². The van der Waals surface area contributed by atoms with Gasteiger partial charge in [-0.3, -0.25) is 4.79 Å². The molecule has 1 aromatic rings. The zero-order valence-electron chi connectivity index (χ0n) is 9.29. The molecule has 0 unspecified atom stereocenters. The van der Waals surface area contributed by atoms with Crippen molar-refractivity contribution in [3.63, 3.8) is 0 Å². The molecule has 0 saturated carbocycles. The lowest BCUT2D eigenvalue weighted by molar-refractivity contribution is -0.118. The SMILES string of the molecule is O=C1CCCc2ccccc2N1CCCBr. The molecule has 3 heteroatoms. The summed E-state index contributed by atoms with van der Waals surface area (Å²) < 4.78 is 0. The maximum Gasteiger partial charge on any atom is 0.226 e. The number of hydrogen-bond acceptors (Lipinski definition) is 1. The summed E-state index contributed by atoms with van der Waals surface area (Å²) in [6, 6.07) is 8.26. The Hall–Kier alpha value is -0.830. The van der Waals surface area contributed by atoms with Crippen molar-refractivity contribution >= 4 is 27.5 Å². The molecule has 0 saturated heterocycles. The molecule has 1 heterocycles. The van der Waals surface area contributed by atoms with E-state index in [4.69, 9.17) is 0 Å². The van der Waals surface area contributed by atoms with Crippen LogP contribution in [-0.4, -0.2) is 17.8 Å². The Balaban J connectivity index is 2.28. The highest BCUT2D eigenvalue weighted by Crippen LogP contribution is 2.26. The van der Waals surface area contributed by atoms with E-state index in [1.54, 1.807) is 0 Å². The van der Waals surface area contributed by atoms with E-state index >= 15 is 0 Å². The second-order valence-corrected chi connectivity index (χ2v) is 4.86. The molecule has 2 nitrogen and oxygen atoms in total. The maximum atomic E-state index is 12.0. The number of carbonyl (C=O) groups is 1. The summed E-state index contributed by atoms with van der Waals surface area (Å²) in [5, 5.41) is 0.943. The average Bonchev–Trinajstić information content (AvgIpc) is 2.46. The molecule has 1 amide bonds. The number of aryl methyl sites for hydroxylation is 1. The zero-order valence-corrected chi connectivity index (χ0v) is 10.9. The van der Waals surface area contributed by atoms with Gasteiger partial charge in [0.1, 0.15) is 0 Å². The fraction of sp³-hybridized carbons (Fsp3) is 0.462. The number of para-hydroxylation sites is 1. The predicted molar refractivity (Wildman–Crippen MR) is 70.1 cm³/mol. The van der Waals surface area contributed by atoms with Crippen molar-refractivity contribution in [1.29, 1.82) is 0 Å². The van der Waals surface area contributed by atoms with Crippen molar-refractivity contribution < 1.29 is 4.79 Å². The summed E-state index contributed by atoms with van der Waals surface area (Å²) in [7, 11) is 0. The molecule has 0 N–H and O–H groups in total. The van der Waals surface area contributed by atoms with E-state index in [-0.39, 0.29) is 5.91 Å². The summed E-state index contributed by atoms with van der Waals surface area (Å²) in [5.41, 5.74) is 2.42. The first-order valence-electron chi connectivity index (χ1n) is 5.77. The van der Waals surface area contributed by atoms with Gasteiger partial charge in [0.25, 0.3) is 0 Å². The topological polar surface area (TPSA) is 20.3 Å². The molecule has 0 fully saturated rings. The number of halogens is 1. The lowest BCUT2D eigenvalue weighted by atomic mass is 10.1. The van der Waals surface area contributed by atoms with Crippen molar-refractivity contribution in [2.24, 2.45) is 0 Å². The first-order chi connectivity index (χ1) is 7.83. The van der Waals surface area contributed by atoms with Gasteiger partial charge in [0.2, 0.25) is 5.91 Å². The molecule has 0 aliphatic carbocycles. The summed E-state index contributed by atoms with van der Waals surface area (Å²) in [5.74, 6) is 0.269. The highest BCUT2D eigenvalue weighted by Gasteiger charge is 2.20. The molecular weight excluding hydrogens is 266 g/mol. The van der Waals surface area contributed by atoms with Crippen LogP contribution in [0.1, 0.15) is 24.8 Å². The largest absolute Gasteiger partial charge is 0.312 e. The van der Waals surface area contributed by atoms with Gasteiger partial charge in [0, 0.05) is 24.0 Å². The molecule has 0 bridgehead atoms.